The van der Waals surface area contributed by atoms with E-state index in [-0.39, 0.29) is 6.61 Å². The summed E-state index contributed by atoms with van der Waals surface area (Å²) in [6, 6.07) is 9.34. The lowest BCUT2D eigenvalue weighted by Gasteiger charge is -2.11. The summed E-state index contributed by atoms with van der Waals surface area (Å²) in [5, 5.41) is 11.6. The fourth-order valence-electron chi connectivity index (χ4n) is 0.904. The highest BCUT2D eigenvalue weighted by Gasteiger charge is 2.02. The van der Waals surface area contributed by atoms with Gasteiger partial charge in [-0.3, -0.25) is 0 Å². The van der Waals surface area contributed by atoms with E-state index in [1.807, 2.05) is 30.3 Å². The van der Waals surface area contributed by atoms with Crippen LogP contribution in [-0.2, 0) is 0 Å². The molecule has 1 atom stereocenters. The minimum absolute atomic E-state index is 0.244. The molecule has 0 heterocycles. The van der Waals surface area contributed by atoms with Crippen LogP contribution in [-0.4, -0.2) is 32.3 Å². The summed E-state index contributed by atoms with van der Waals surface area (Å²) >= 11 is 0. The summed E-state index contributed by atoms with van der Waals surface area (Å²) in [6.45, 7) is 0.570. The molecule has 0 saturated carbocycles. The third kappa shape index (κ3) is 3.96. The number of aliphatic hydroxyl groups is 1. The molecule has 2 N–H and O–H groups in total. The average Bonchev–Trinajstić information content (AvgIpc) is 2.17. The summed E-state index contributed by atoms with van der Waals surface area (Å²) in [7, 11) is 5.03. The van der Waals surface area contributed by atoms with Gasteiger partial charge < -0.3 is 15.1 Å². The van der Waals surface area contributed by atoms with Crippen LogP contribution >= 0.6 is 0 Å². The number of nitrogens with one attached hydrogen (secondary N) is 1. The number of para-hydroxylation sites is 1. The molecule has 2 radical (unpaired) electrons. The Morgan fingerprint density at radius 1 is 1.38 bits per heavy atom. The number of rotatable bonds is 5. The molecule has 0 amide bonds. The highest BCUT2D eigenvalue weighted by Crippen LogP contribution is 2.08. The molecule has 3 nitrogen and oxygen atoms in total. The fourth-order valence-corrected chi connectivity index (χ4v) is 0.904. The van der Waals surface area contributed by atoms with Crippen molar-refractivity contribution in [1.82, 2.24) is 5.23 Å². The van der Waals surface area contributed by atoms with Gasteiger partial charge in [-0.25, -0.2) is 0 Å². The monoisotopic (exact) mass is 177 g/mol. The molecule has 0 spiro atoms. The predicted octanol–water partition coefficient (Wildman–Crippen LogP) is 0.0994. The third-order valence-electron chi connectivity index (χ3n) is 1.54. The number of hydrogen-bond acceptors (Lipinski definition) is 3. The molecule has 0 aromatic heterocycles. The molecule has 0 fully saturated rings. The Morgan fingerprint density at radius 3 is 2.69 bits per heavy atom. The Labute approximate surface area is 79.2 Å². The van der Waals surface area contributed by atoms with Crippen LogP contribution in [0.15, 0.2) is 30.3 Å². The van der Waals surface area contributed by atoms with E-state index >= 15 is 0 Å². The molecule has 0 aliphatic heterocycles. The SMILES string of the molecule is [B]NCC(O)COc1ccccc1. The first-order valence-electron chi connectivity index (χ1n) is 4.12. The maximum Gasteiger partial charge on any atom is 0.177 e. The number of aliphatic hydroxyl groups excluding tert-OH is 1. The maximum absolute atomic E-state index is 9.24. The Kier molecular flexibility index (Phi) is 4.36. The van der Waals surface area contributed by atoms with Gasteiger partial charge in [-0.05, 0) is 12.1 Å². The third-order valence-corrected chi connectivity index (χ3v) is 1.54. The van der Waals surface area contributed by atoms with Gasteiger partial charge in [-0.2, -0.15) is 0 Å². The second-order valence-electron chi connectivity index (χ2n) is 2.69. The van der Waals surface area contributed by atoms with E-state index in [2.05, 4.69) is 5.23 Å². The highest BCUT2D eigenvalue weighted by atomic mass is 16.5. The first-order valence-corrected chi connectivity index (χ1v) is 4.12. The lowest BCUT2D eigenvalue weighted by Crippen LogP contribution is -2.29. The van der Waals surface area contributed by atoms with E-state index in [1.54, 1.807) is 0 Å². The number of benzene rings is 1. The molecular formula is C9H12BNO2. The van der Waals surface area contributed by atoms with Crippen LogP contribution < -0.4 is 9.96 Å². The predicted molar refractivity (Wildman–Crippen MR) is 51.7 cm³/mol. The van der Waals surface area contributed by atoms with Crippen molar-refractivity contribution in [2.75, 3.05) is 13.2 Å². The van der Waals surface area contributed by atoms with Gasteiger partial charge in [-0.1, -0.05) is 18.2 Å². The largest absolute Gasteiger partial charge is 0.491 e. The van der Waals surface area contributed by atoms with E-state index in [4.69, 9.17) is 12.7 Å². The standard InChI is InChI=1S/C9H12BNO2/c10-11-6-8(12)7-13-9-4-2-1-3-5-9/h1-5,8,11-12H,6-7H2. The highest BCUT2D eigenvalue weighted by molar-refractivity contribution is 6.04. The van der Waals surface area contributed by atoms with Crippen molar-refractivity contribution in [1.29, 1.82) is 0 Å². The number of hydrogen-bond donors (Lipinski definition) is 2. The van der Waals surface area contributed by atoms with Crippen molar-refractivity contribution in [3.8, 4) is 5.75 Å². The zero-order valence-electron chi connectivity index (χ0n) is 7.31. The molecule has 68 valence electrons. The van der Waals surface area contributed by atoms with Gasteiger partial charge in [0.25, 0.3) is 0 Å². The minimum atomic E-state index is -0.579. The van der Waals surface area contributed by atoms with Crippen LogP contribution in [0.25, 0.3) is 0 Å². The van der Waals surface area contributed by atoms with Gasteiger partial charge >= 0.3 is 0 Å². The zero-order chi connectivity index (χ0) is 9.52. The molecule has 1 aromatic carbocycles. The summed E-state index contributed by atoms with van der Waals surface area (Å²) < 4.78 is 5.27. The molecule has 1 aromatic rings. The molecular weight excluding hydrogens is 165 g/mol. The van der Waals surface area contributed by atoms with Crippen molar-refractivity contribution >= 4 is 7.98 Å². The molecule has 1 unspecified atom stereocenters. The van der Waals surface area contributed by atoms with Gasteiger partial charge in [0, 0.05) is 6.54 Å². The van der Waals surface area contributed by atoms with Gasteiger partial charge in [-0.15, -0.1) is 0 Å². The first-order chi connectivity index (χ1) is 6.33. The van der Waals surface area contributed by atoms with Gasteiger partial charge in [0.1, 0.15) is 12.4 Å². The lowest BCUT2D eigenvalue weighted by molar-refractivity contribution is 0.111. The molecule has 1 rings (SSSR count). The summed E-state index contributed by atoms with van der Waals surface area (Å²) in [4.78, 5) is 0. The van der Waals surface area contributed by atoms with Crippen LogP contribution in [0.3, 0.4) is 0 Å². The van der Waals surface area contributed by atoms with Crippen LogP contribution in [0.1, 0.15) is 0 Å². The Balaban J connectivity index is 2.27. The fraction of sp³-hybridized carbons (Fsp3) is 0.333. The van der Waals surface area contributed by atoms with Crippen LogP contribution in [0.5, 0.6) is 5.75 Å². The van der Waals surface area contributed by atoms with Crippen molar-refractivity contribution in [3.63, 3.8) is 0 Å². The van der Waals surface area contributed by atoms with E-state index in [9.17, 15) is 5.11 Å². The summed E-state index contributed by atoms with van der Waals surface area (Å²) in [5.41, 5.74) is 0. The quantitative estimate of drug-likeness (QED) is 0.626. The van der Waals surface area contributed by atoms with Crippen LogP contribution in [0.2, 0.25) is 0 Å². The van der Waals surface area contributed by atoms with Crippen molar-refractivity contribution in [2.24, 2.45) is 0 Å². The smallest absolute Gasteiger partial charge is 0.177 e. The normalized spacial score (nSPS) is 12.4. The minimum Gasteiger partial charge on any atom is -0.491 e. The zero-order valence-corrected chi connectivity index (χ0v) is 7.31. The van der Waals surface area contributed by atoms with E-state index in [1.165, 1.54) is 0 Å². The van der Waals surface area contributed by atoms with E-state index < -0.39 is 6.10 Å². The van der Waals surface area contributed by atoms with E-state index in [0.717, 1.165) is 5.75 Å². The van der Waals surface area contributed by atoms with Crippen molar-refractivity contribution in [2.45, 2.75) is 6.10 Å². The maximum atomic E-state index is 9.24. The summed E-state index contributed by atoms with van der Waals surface area (Å²) in [6.07, 6.45) is -0.579. The average molecular weight is 177 g/mol. The van der Waals surface area contributed by atoms with Gasteiger partial charge in [0.05, 0.1) is 6.10 Å². The van der Waals surface area contributed by atoms with Crippen molar-refractivity contribution in [3.05, 3.63) is 30.3 Å². The topological polar surface area (TPSA) is 41.5 Å². The molecule has 0 aliphatic rings. The van der Waals surface area contributed by atoms with Crippen molar-refractivity contribution < 1.29 is 9.84 Å². The lowest BCUT2D eigenvalue weighted by atomic mass is 10.3. The van der Waals surface area contributed by atoms with Crippen LogP contribution in [0, 0.1) is 0 Å². The Hall–Kier alpha value is -0.995. The first kappa shape index (κ1) is 10.1. The van der Waals surface area contributed by atoms with Gasteiger partial charge in [0.2, 0.25) is 0 Å². The molecule has 13 heavy (non-hydrogen) atoms. The van der Waals surface area contributed by atoms with Crippen LogP contribution in [0.4, 0.5) is 0 Å². The molecule has 4 heteroatoms. The second kappa shape index (κ2) is 5.62. The Morgan fingerprint density at radius 2 is 2.08 bits per heavy atom. The Bertz CT molecular complexity index is 230. The molecule has 0 saturated heterocycles. The molecule has 0 bridgehead atoms. The summed E-state index contributed by atoms with van der Waals surface area (Å²) in [5.74, 6) is 0.749. The van der Waals surface area contributed by atoms with E-state index in [0.29, 0.717) is 6.54 Å². The molecule has 0 aliphatic carbocycles. The van der Waals surface area contributed by atoms with Gasteiger partial charge in [0.15, 0.2) is 7.98 Å². The second-order valence-corrected chi connectivity index (χ2v) is 2.69. The number of ether oxygens (including phenoxy) is 1.